The summed E-state index contributed by atoms with van der Waals surface area (Å²) in [6, 6.07) is 4.38. The van der Waals surface area contributed by atoms with Crippen LogP contribution in [0.25, 0.3) is 0 Å². The van der Waals surface area contributed by atoms with Crippen LogP contribution >= 0.6 is 0 Å². The van der Waals surface area contributed by atoms with E-state index in [0.29, 0.717) is 25.7 Å². The van der Waals surface area contributed by atoms with Gasteiger partial charge < -0.3 is 10.1 Å². The molecule has 0 heterocycles. The van der Waals surface area contributed by atoms with Gasteiger partial charge >= 0.3 is 6.61 Å². The van der Waals surface area contributed by atoms with E-state index in [1.54, 1.807) is 12.1 Å². The van der Waals surface area contributed by atoms with Crippen LogP contribution in [-0.2, 0) is 21.1 Å². The molecule has 1 N–H and O–H groups in total. The van der Waals surface area contributed by atoms with Gasteiger partial charge in [-0.3, -0.25) is 4.79 Å². The number of carbonyl (C=O) groups is 1. The van der Waals surface area contributed by atoms with Gasteiger partial charge in [-0.2, -0.15) is 8.78 Å². The molecule has 0 spiro atoms. The average molecular weight is 387 g/mol. The molecule has 1 fully saturated rings. The first-order valence-corrected chi connectivity index (χ1v) is 10.7. The van der Waals surface area contributed by atoms with E-state index < -0.39 is 33.4 Å². The van der Waals surface area contributed by atoms with Crippen molar-refractivity contribution >= 4 is 15.7 Å². The van der Waals surface area contributed by atoms with Crippen molar-refractivity contribution in [1.29, 1.82) is 0 Å². The maximum Gasteiger partial charge on any atom is 0.387 e. The number of benzene rings is 1. The molecule has 1 saturated carbocycles. The Bertz CT molecular complexity index is 760. The van der Waals surface area contributed by atoms with Crippen LogP contribution < -0.4 is 10.1 Å². The molecule has 8 heteroatoms. The Kier molecular flexibility index (Phi) is 5.79. The summed E-state index contributed by atoms with van der Waals surface area (Å²) in [4.78, 5) is 12.3. The summed E-state index contributed by atoms with van der Waals surface area (Å²) < 4.78 is 53.8. The Hall–Kier alpha value is -1.70. The number of hydrogen-bond donors (Lipinski definition) is 1. The summed E-state index contributed by atoms with van der Waals surface area (Å²) in [5.41, 5.74) is 1.68. The summed E-state index contributed by atoms with van der Waals surface area (Å²) in [6.07, 6.45) is 5.24. The number of sulfone groups is 1. The highest BCUT2D eigenvalue weighted by atomic mass is 32.2. The van der Waals surface area contributed by atoms with Gasteiger partial charge in [-0.15, -0.1) is 0 Å². The minimum absolute atomic E-state index is 0.0922. The molecular formula is C18H23F2NO4S. The third kappa shape index (κ3) is 4.52. The van der Waals surface area contributed by atoms with Crippen molar-refractivity contribution in [3.05, 3.63) is 29.3 Å². The zero-order valence-corrected chi connectivity index (χ0v) is 15.2. The van der Waals surface area contributed by atoms with Crippen molar-refractivity contribution < 1.29 is 26.7 Å². The van der Waals surface area contributed by atoms with Gasteiger partial charge in [-0.05, 0) is 55.4 Å². The van der Waals surface area contributed by atoms with E-state index in [2.05, 4.69) is 10.1 Å². The van der Waals surface area contributed by atoms with Gasteiger partial charge in [0.15, 0.2) is 9.84 Å². The molecular weight excluding hydrogens is 364 g/mol. The zero-order chi connectivity index (χ0) is 18.7. The zero-order valence-electron chi connectivity index (χ0n) is 14.4. The number of halogens is 2. The van der Waals surface area contributed by atoms with Gasteiger partial charge in [-0.1, -0.05) is 18.9 Å². The summed E-state index contributed by atoms with van der Waals surface area (Å²) in [6.45, 7) is -2.88. The number of alkyl halides is 2. The van der Waals surface area contributed by atoms with Crippen molar-refractivity contribution in [2.24, 2.45) is 0 Å². The molecule has 0 saturated heterocycles. The quantitative estimate of drug-likeness (QED) is 0.814. The fourth-order valence-corrected chi connectivity index (χ4v) is 5.64. The fourth-order valence-electron chi connectivity index (χ4n) is 3.90. The molecule has 2 aliphatic rings. The minimum Gasteiger partial charge on any atom is -0.435 e. The highest BCUT2D eigenvalue weighted by Gasteiger charge is 2.32. The molecule has 1 aromatic rings. The van der Waals surface area contributed by atoms with Crippen molar-refractivity contribution in [2.45, 2.75) is 62.8 Å². The van der Waals surface area contributed by atoms with Crippen LogP contribution in [0.3, 0.4) is 0 Å². The molecule has 2 aliphatic carbocycles. The molecule has 1 amide bonds. The predicted molar refractivity (Wildman–Crippen MR) is 92.9 cm³/mol. The van der Waals surface area contributed by atoms with Crippen LogP contribution in [0.1, 0.15) is 55.7 Å². The molecule has 0 radical (unpaired) electrons. The predicted octanol–water partition coefficient (Wildman–Crippen LogP) is 3.14. The summed E-state index contributed by atoms with van der Waals surface area (Å²) in [5, 5.41) is 2.41. The van der Waals surface area contributed by atoms with E-state index in [-0.39, 0.29) is 11.8 Å². The van der Waals surface area contributed by atoms with Crippen LogP contribution in [0.15, 0.2) is 18.2 Å². The lowest BCUT2D eigenvalue weighted by molar-refractivity contribution is -0.119. The molecule has 1 atom stereocenters. The Morgan fingerprint density at radius 3 is 2.62 bits per heavy atom. The Morgan fingerprint density at radius 1 is 1.19 bits per heavy atom. The smallest absolute Gasteiger partial charge is 0.387 e. The third-order valence-corrected chi connectivity index (χ3v) is 7.28. The van der Waals surface area contributed by atoms with Crippen molar-refractivity contribution in [2.75, 3.05) is 5.75 Å². The second-order valence-corrected chi connectivity index (χ2v) is 9.25. The summed E-state index contributed by atoms with van der Waals surface area (Å²) in [7, 11) is -3.42. The van der Waals surface area contributed by atoms with Crippen molar-refractivity contribution in [1.82, 2.24) is 5.32 Å². The molecule has 1 aromatic carbocycles. The van der Waals surface area contributed by atoms with Crippen LogP contribution in [0.5, 0.6) is 5.75 Å². The first kappa shape index (κ1) is 19.1. The summed E-state index contributed by atoms with van der Waals surface area (Å²) in [5.74, 6) is -0.895. The first-order chi connectivity index (χ1) is 12.3. The van der Waals surface area contributed by atoms with Gasteiger partial charge in [0.2, 0.25) is 5.91 Å². The number of fused-ring (bicyclic) bond motifs is 1. The van der Waals surface area contributed by atoms with Gasteiger partial charge in [0.05, 0.1) is 11.3 Å². The number of nitrogens with one attached hydrogen (secondary N) is 1. The fraction of sp³-hybridized carbons (Fsp3) is 0.611. The molecule has 0 aliphatic heterocycles. The third-order valence-electron chi connectivity index (χ3n) is 5.13. The normalized spacial score (nSPS) is 20.8. The van der Waals surface area contributed by atoms with E-state index in [9.17, 15) is 22.0 Å². The molecule has 3 rings (SSSR count). The number of amides is 1. The maximum absolute atomic E-state index is 12.4. The SMILES string of the molecule is O=C(CS(=O)(=O)C1CCCC1)N[C@@H]1CCCc2cc(OC(F)F)ccc21. The van der Waals surface area contributed by atoms with Crippen LogP contribution in [-0.4, -0.2) is 31.9 Å². The molecule has 26 heavy (non-hydrogen) atoms. The van der Waals surface area contributed by atoms with Crippen LogP contribution in [0.2, 0.25) is 0 Å². The van der Waals surface area contributed by atoms with Gasteiger partial charge in [0.25, 0.3) is 0 Å². The Balaban J connectivity index is 1.66. The van der Waals surface area contributed by atoms with Gasteiger partial charge in [0, 0.05) is 0 Å². The monoisotopic (exact) mass is 387 g/mol. The largest absolute Gasteiger partial charge is 0.435 e. The van der Waals surface area contributed by atoms with E-state index >= 15 is 0 Å². The molecule has 144 valence electrons. The lowest BCUT2D eigenvalue weighted by atomic mass is 9.87. The number of hydrogen-bond acceptors (Lipinski definition) is 4. The van der Waals surface area contributed by atoms with Crippen LogP contribution in [0.4, 0.5) is 8.78 Å². The van der Waals surface area contributed by atoms with Crippen molar-refractivity contribution in [3.8, 4) is 5.75 Å². The van der Waals surface area contributed by atoms with Crippen LogP contribution in [0, 0.1) is 0 Å². The van der Waals surface area contributed by atoms with E-state index in [4.69, 9.17) is 0 Å². The molecule has 0 aromatic heterocycles. The number of carbonyl (C=O) groups excluding carboxylic acids is 1. The first-order valence-electron chi connectivity index (χ1n) is 8.94. The molecule has 5 nitrogen and oxygen atoms in total. The average Bonchev–Trinajstić information content (AvgIpc) is 3.09. The van der Waals surface area contributed by atoms with E-state index in [1.165, 1.54) is 6.07 Å². The summed E-state index contributed by atoms with van der Waals surface area (Å²) >= 11 is 0. The Labute approximate surface area is 152 Å². The lowest BCUT2D eigenvalue weighted by Gasteiger charge is -2.27. The van der Waals surface area contributed by atoms with E-state index in [1.807, 2.05) is 0 Å². The highest BCUT2D eigenvalue weighted by Crippen LogP contribution is 2.33. The van der Waals surface area contributed by atoms with Crippen molar-refractivity contribution in [3.63, 3.8) is 0 Å². The number of rotatable bonds is 6. The molecule has 0 bridgehead atoms. The lowest BCUT2D eigenvalue weighted by Crippen LogP contribution is -2.37. The maximum atomic E-state index is 12.4. The van der Waals surface area contributed by atoms with E-state index in [0.717, 1.165) is 30.4 Å². The van der Waals surface area contributed by atoms with Gasteiger partial charge in [-0.25, -0.2) is 8.42 Å². The second kappa shape index (κ2) is 7.90. The number of ether oxygens (including phenoxy) is 1. The Morgan fingerprint density at radius 2 is 1.92 bits per heavy atom. The second-order valence-electron chi connectivity index (χ2n) is 6.97. The minimum atomic E-state index is -3.42. The number of aryl methyl sites for hydroxylation is 1. The standard InChI is InChI=1S/C18H23F2NO4S/c19-18(20)25-13-8-9-15-12(10-13)4-3-7-16(15)21-17(22)11-26(23,24)14-5-1-2-6-14/h8-10,14,16,18H,1-7,11H2,(H,21,22)/t16-/m1/s1. The van der Waals surface area contributed by atoms with Gasteiger partial charge in [0.1, 0.15) is 11.5 Å². The molecule has 0 unspecified atom stereocenters. The topological polar surface area (TPSA) is 72.5 Å². The highest BCUT2D eigenvalue weighted by molar-refractivity contribution is 7.92.